The van der Waals surface area contributed by atoms with Gasteiger partial charge in [-0.1, -0.05) is 18.2 Å². The Morgan fingerprint density at radius 3 is 2.22 bits per heavy atom. The number of aromatic nitrogens is 2. The zero-order valence-electron chi connectivity index (χ0n) is 23.8. The summed E-state index contributed by atoms with van der Waals surface area (Å²) in [4.78, 5) is 26.4. The van der Waals surface area contributed by atoms with Crippen molar-refractivity contribution in [1.82, 2.24) is 19.8 Å². The first kappa shape index (κ1) is 29.0. The zero-order valence-corrected chi connectivity index (χ0v) is 23.8. The molecule has 0 aliphatic carbocycles. The van der Waals surface area contributed by atoms with Gasteiger partial charge in [-0.3, -0.25) is 14.7 Å². The highest BCUT2D eigenvalue weighted by Gasteiger charge is 2.40. The van der Waals surface area contributed by atoms with Crippen molar-refractivity contribution in [3.63, 3.8) is 0 Å². The Morgan fingerprint density at radius 2 is 1.63 bits per heavy atom. The molecule has 4 heterocycles. The monoisotopic (exact) mass is 566 g/mol. The molecule has 3 aromatic rings. The smallest absolute Gasteiger partial charge is 0.416 e. The van der Waals surface area contributed by atoms with E-state index in [1.54, 1.807) is 24.5 Å². The van der Waals surface area contributed by atoms with E-state index in [9.17, 15) is 18.0 Å². The summed E-state index contributed by atoms with van der Waals surface area (Å²) in [5, 5.41) is 0. The molecule has 1 amide bonds. The second-order valence-electron chi connectivity index (χ2n) is 11.5. The summed E-state index contributed by atoms with van der Waals surface area (Å²) < 4.78 is 45.9. The van der Waals surface area contributed by atoms with Crippen LogP contribution in [0.2, 0.25) is 0 Å². The molecule has 1 atom stereocenters. The minimum absolute atomic E-state index is 0.0214. The van der Waals surface area contributed by atoms with Gasteiger partial charge in [0.15, 0.2) is 0 Å². The first-order chi connectivity index (χ1) is 19.5. The molecule has 2 aliphatic rings. The standard InChI is InChI=1S/C32H37F3N4O2/c1-22-11-17-36-23(2)28(22)30(40)38-20-14-31(3,15-21-38)39-18-12-25(13-19-39)29(41-27-6-4-5-16-37-27)24-7-9-26(10-8-24)32(33,34)35/h4-11,16-17,25,29H,12-15,18-21H2,1-3H3. The zero-order chi connectivity index (χ0) is 29.2. The van der Waals surface area contributed by atoms with Crippen LogP contribution >= 0.6 is 0 Å². The molecule has 5 rings (SSSR count). The number of nitrogens with zero attached hydrogens (tertiary/aromatic N) is 4. The number of rotatable bonds is 6. The predicted octanol–water partition coefficient (Wildman–Crippen LogP) is 6.64. The van der Waals surface area contributed by atoms with E-state index >= 15 is 0 Å². The van der Waals surface area contributed by atoms with E-state index in [2.05, 4.69) is 21.8 Å². The molecule has 0 bridgehead atoms. The Balaban J connectivity index is 1.24. The number of pyridine rings is 2. The van der Waals surface area contributed by atoms with E-state index in [1.807, 2.05) is 30.9 Å². The number of hydrogen-bond donors (Lipinski definition) is 0. The lowest BCUT2D eigenvalue weighted by atomic mass is 9.81. The molecule has 1 aromatic carbocycles. The van der Waals surface area contributed by atoms with Crippen molar-refractivity contribution in [2.75, 3.05) is 26.2 Å². The number of likely N-dealkylation sites (tertiary alicyclic amines) is 2. The van der Waals surface area contributed by atoms with Gasteiger partial charge in [-0.15, -0.1) is 0 Å². The summed E-state index contributed by atoms with van der Waals surface area (Å²) in [5.74, 6) is 0.648. The molecule has 1 unspecified atom stereocenters. The van der Waals surface area contributed by atoms with Crippen LogP contribution in [-0.4, -0.2) is 57.4 Å². The molecule has 218 valence electrons. The number of amides is 1. The maximum absolute atomic E-state index is 13.3. The van der Waals surface area contributed by atoms with E-state index in [0.29, 0.717) is 24.5 Å². The first-order valence-electron chi connectivity index (χ1n) is 14.3. The van der Waals surface area contributed by atoms with E-state index in [1.165, 1.54) is 12.1 Å². The lowest BCUT2D eigenvalue weighted by Crippen LogP contribution is -2.56. The molecule has 41 heavy (non-hydrogen) atoms. The van der Waals surface area contributed by atoms with Crippen molar-refractivity contribution in [2.45, 2.75) is 64.3 Å². The van der Waals surface area contributed by atoms with Gasteiger partial charge in [-0.2, -0.15) is 13.2 Å². The summed E-state index contributed by atoms with van der Waals surface area (Å²) in [6, 6.07) is 12.6. The van der Waals surface area contributed by atoms with Crippen LogP contribution in [0, 0.1) is 19.8 Å². The number of hydrogen-bond acceptors (Lipinski definition) is 5. The summed E-state index contributed by atoms with van der Waals surface area (Å²) in [5.41, 5.74) is 2.46. The van der Waals surface area contributed by atoms with E-state index in [-0.39, 0.29) is 17.4 Å². The fourth-order valence-electron chi connectivity index (χ4n) is 6.27. The maximum atomic E-state index is 13.3. The molecule has 9 heteroatoms. The van der Waals surface area contributed by atoms with Crippen LogP contribution in [0.4, 0.5) is 13.2 Å². The van der Waals surface area contributed by atoms with Crippen LogP contribution in [0.25, 0.3) is 0 Å². The third-order valence-electron chi connectivity index (χ3n) is 8.87. The minimum atomic E-state index is -4.38. The largest absolute Gasteiger partial charge is 0.469 e. The number of alkyl halides is 3. The maximum Gasteiger partial charge on any atom is 0.416 e. The van der Waals surface area contributed by atoms with Gasteiger partial charge in [0.05, 0.1) is 16.8 Å². The molecule has 2 saturated heterocycles. The van der Waals surface area contributed by atoms with Crippen LogP contribution in [0.3, 0.4) is 0 Å². The molecule has 2 fully saturated rings. The van der Waals surface area contributed by atoms with Gasteiger partial charge in [0, 0.05) is 43.0 Å². The Kier molecular flexibility index (Phi) is 8.36. The molecule has 0 saturated carbocycles. The number of benzene rings is 1. The highest BCUT2D eigenvalue weighted by atomic mass is 19.4. The van der Waals surface area contributed by atoms with Gasteiger partial charge in [-0.25, -0.2) is 4.98 Å². The fraction of sp³-hybridized carbons (Fsp3) is 0.469. The SMILES string of the molecule is Cc1ccnc(C)c1C(=O)N1CCC(C)(N2CCC(C(Oc3ccccn3)c3ccc(C(F)(F)F)cc3)CC2)CC1. The average Bonchev–Trinajstić information content (AvgIpc) is 2.96. The normalized spacial score (nSPS) is 19.1. The number of ether oxygens (including phenoxy) is 1. The van der Waals surface area contributed by atoms with Crippen molar-refractivity contribution in [1.29, 1.82) is 0 Å². The highest BCUT2D eigenvalue weighted by Crippen LogP contribution is 2.39. The van der Waals surface area contributed by atoms with Gasteiger partial charge in [0.25, 0.3) is 5.91 Å². The minimum Gasteiger partial charge on any atom is -0.469 e. The Hall–Kier alpha value is -3.46. The van der Waals surface area contributed by atoms with Gasteiger partial charge < -0.3 is 9.64 Å². The fourth-order valence-corrected chi connectivity index (χ4v) is 6.27. The highest BCUT2D eigenvalue weighted by molar-refractivity contribution is 5.96. The van der Waals surface area contributed by atoms with Crippen molar-refractivity contribution < 1.29 is 22.7 Å². The van der Waals surface area contributed by atoms with Crippen molar-refractivity contribution >= 4 is 5.91 Å². The van der Waals surface area contributed by atoms with Crippen LogP contribution in [0.5, 0.6) is 5.88 Å². The lowest BCUT2D eigenvalue weighted by Gasteiger charge is -2.50. The lowest BCUT2D eigenvalue weighted by molar-refractivity contribution is -0.137. The second kappa shape index (κ2) is 11.8. The number of halogens is 3. The predicted molar refractivity (Wildman–Crippen MR) is 151 cm³/mol. The van der Waals surface area contributed by atoms with Gasteiger partial charge in [0.1, 0.15) is 6.10 Å². The van der Waals surface area contributed by atoms with Gasteiger partial charge >= 0.3 is 6.18 Å². The van der Waals surface area contributed by atoms with Gasteiger partial charge in [-0.05, 0) is 94.9 Å². The van der Waals surface area contributed by atoms with Gasteiger partial charge in [0.2, 0.25) is 5.88 Å². The Labute approximate surface area is 239 Å². The molecule has 6 nitrogen and oxygen atoms in total. The molecular weight excluding hydrogens is 529 g/mol. The molecule has 2 aliphatic heterocycles. The van der Waals surface area contributed by atoms with E-state index < -0.39 is 17.8 Å². The number of piperidine rings is 2. The van der Waals surface area contributed by atoms with Crippen LogP contribution < -0.4 is 4.74 Å². The number of carbonyl (C=O) groups is 1. The first-order valence-corrected chi connectivity index (χ1v) is 14.3. The summed E-state index contributed by atoms with van der Waals surface area (Å²) >= 11 is 0. The van der Waals surface area contributed by atoms with Crippen LogP contribution in [0.15, 0.2) is 60.9 Å². The van der Waals surface area contributed by atoms with E-state index in [0.717, 1.165) is 67.7 Å². The average molecular weight is 567 g/mol. The quantitative estimate of drug-likeness (QED) is 0.335. The third kappa shape index (κ3) is 6.40. The van der Waals surface area contributed by atoms with Crippen LogP contribution in [-0.2, 0) is 6.18 Å². The summed E-state index contributed by atoms with van der Waals surface area (Å²) in [6.07, 6.45) is 2.08. The second-order valence-corrected chi connectivity index (χ2v) is 11.5. The number of aryl methyl sites for hydroxylation is 2. The summed E-state index contributed by atoms with van der Waals surface area (Å²) in [7, 11) is 0. The molecule has 0 spiro atoms. The number of carbonyl (C=O) groups excluding carboxylic acids is 1. The van der Waals surface area contributed by atoms with Crippen molar-refractivity contribution in [3.8, 4) is 5.88 Å². The van der Waals surface area contributed by atoms with Crippen molar-refractivity contribution in [3.05, 3.63) is 88.9 Å². The Bertz CT molecular complexity index is 1310. The third-order valence-corrected chi connectivity index (χ3v) is 8.87. The van der Waals surface area contributed by atoms with Crippen molar-refractivity contribution in [2.24, 2.45) is 5.92 Å². The molecular formula is C32H37F3N4O2. The van der Waals surface area contributed by atoms with E-state index in [4.69, 9.17) is 4.74 Å². The summed E-state index contributed by atoms with van der Waals surface area (Å²) in [6.45, 7) is 9.23. The molecule has 0 radical (unpaired) electrons. The Morgan fingerprint density at radius 1 is 0.951 bits per heavy atom. The van der Waals surface area contributed by atoms with Crippen LogP contribution in [0.1, 0.15) is 71.5 Å². The molecule has 2 aromatic heterocycles. The molecule has 0 N–H and O–H groups in total. The topological polar surface area (TPSA) is 58.6 Å².